The van der Waals surface area contributed by atoms with E-state index in [-0.39, 0.29) is 0 Å². The Morgan fingerprint density at radius 3 is 2.68 bits per heavy atom. The predicted octanol–water partition coefficient (Wildman–Crippen LogP) is 3.39. The molecule has 2 N–H and O–H groups in total. The van der Waals surface area contributed by atoms with E-state index >= 15 is 0 Å². The maximum Gasteiger partial charge on any atom is 0.169 e. The molecule has 0 bridgehead atoms. The highest BCUT2D eigenvalue weighted by Gasteiger charge is 2.22. The summed E-state index contributed by atoms with van der Waals surface area (Å²) in [5.41, 5.74) is 8.83. The zero-order valence-corrected chi connectivity index (χ0v) is 12.6. The molecule has 0 unspecified atom stereocenters. The summed E-state index contributed by atoms with van der Waals surface area (Å²) in [5.74, 6) is 0.559. The number of halogens is 1. The van der Waals surface area contributed by atoms with Gasteiger partial charge in [0.1, 0.15) is 0 Å². The molecule has 19 heavy (non-hydrogen) atoms. The molecule has 1 saturated carbocycles. The molecule has 0 atom stereocenters. The fourth-order valence-corrected chi connectivity index (χ4v) is 3.62. The van der Waals surface area contributed by atoms with Gasteiger partial charge in [0.05, 0.1) is 15.9 Å². The van der Waals surface area contributed by atoms with Gasteiger partial charge in [-0.2, -0.15) is 5.10 Å². The first kappa shape index (κ1) is 13.1. The summed E-state index contributed by atoms with van der Waals surface area (Å²) in [7, 11) is 0. The molecule has 0 saturated heterocycles. The van der Waals surface area contributed by atoms with Gasteiger partial charge in [-0.1, -0.05) is 25.7 Å². The molecule has 0 aromatic carbocycles. The standard InChI is InChI=1S/C14H19BrN4/c15-12-13(10-5-3-1-2-4-6-10)18-19-11(9-16)7-8-17-14(12)19/h7-8,10H,1-6,9,16H2. The summed E-state index contributed by atoms with van der Waals surface area (Å²) in [5, 5.41) is 4.78. The van der Waals surface area contributed by atoms with Crippen LogP contribution in [0.15, 0.2) is 16.7 Å². The van der Waals surface area contributed by atoms with Crippen LogP contribution in [-0.2, 0) is 6.54 Å². The van der Waals surface area contributed by atoms with E-state index in [0.29, 0.717) is 12.5 Å². The summed E-state index contributed by atoms with van der Waals surface area (Å²) in [6, 6.07) is 1.93. The zero-order chi connectivity index (χ0) is 13.2. The van der Waals surface area contributed by atoms with E-state index in [1.54, 1.807) is 6.20 Å². The molecule has 0 radical (unpaired) electrons. The van der Waals surface area contributed by atoms with Crippen LogP contribution in [0.2, 0.25) is 0 Å². The van der Waals surface area contributed by atoms with Gasteiger partial charge in [0.25, 0.3) is 0 Å². The fraction of sp³-hybridized carbons (Fsp3) is 0.571. The molecule has 1 aliphatic carbocycles. The topological polar surface area (TPSA) is 56.2 Å². The first-order valence-corrected chi connectivity index (χ1v) is 7.82. The highest BCUT2D eigenvalue weighted by Crippen LogP contribution is 2.36. The van der Waals surface area contributed by atoms with Gasteiger partial charge in [0.15, 0.2) is 5.65 Å². The van der Waals surface area contributed by atoms with Gasteiger partial charge in [-0.05, 0) is 34.8 Å². The Hall–Kier alpha value is -0.940. The van der Waals surface area contributed by atoms with Crippen LogP contribution in [0.1, 0.15) is 55.8 Å². The molecule has 0 amide bonds. The summed E-state index contributed by atoms with van der Waals surface area (Å²) in [6.45, 7) is 0.483. The quantitative estimate of drug-likeness (QED) is 0.862. The van der Waals surface area contributed by atoms with Crippen molar-refractivity contribution in [2.45, 2.75) is 51.0 Å². The smallest absolute Gasteiger partial charge is 0.169 e. The molecule has 1 fully saturated rings. The van der Waals surface area contributed by atoms with E-state index in [1.165, 1.54) is 38.5 Å². The first-order chi connectivity index (χ1) is 9.31. The average Bonchev–Trinajstić information content (AvgIpc) is 2.65. The summed E-state index contributed by atoms with van der Waals surface area (Å²) < 4.78 is 2.94. The Morgan fingerprint density at radius 2 is 2.00 bits per heavy atom. The molecular weight excluding hydrogens is 304 g/mol. The molecular formula is C14H19BrN4. The van der Waals surface area contributed by atoms with Gasteiger partial charge in [-0.25, -0.2) is 9.50 Å². The van der Waals surface area contributed by atoms with Crippen molar-refractivity contribution in [2.24, 2.45) is 5.73 Å². The number of aromatic nitrogens is 3. The third-order valence-corrected chi connectivity index (χ3v) is 4.78. The van der Waals surface area contributed by atoms with Crippen molar-refractivity contribution in [1.82, 2.24) is 14.6 Å². The van der Waals surface area contributed by atoms with Crippen LogP contribution in [-0.4, -0.2) is 14.6 Å². The van der Waals surface area contributed by atoms with Gasteiger partial charge in [-0.15, -0.1) is 0 Å². The first-order valence-electron chi connectivity index (χ1n) is 7.03. The van der Waals surface area contributed by atoms with Gasteiger partial charge in [0, 0.05) is 18.7 Å². The summed E-state index contributed by atoms with van der Waals surface area (Å²) in [4.78, 5) is 4.43. The van der Waals surface area contributed by atoms with Crippen LogP contribution in [0.3, 0.4) is 0 Å². The van der Waals surface area contributed by atoms with Crippen LogP contribution in [0.4, 0.5) is 0 Å². The number of fused-ring (bicyclic) bond motifs is 1. The normalized spacial score (nSPS) is 17.8. The molecule has 5 heteroatoms. The van der Waals surface area contributed by atoms with Crippen molar-refractivity contribution in [2.75, 3.05) is 0 Å². The second-order valence-electron chi connectivity index (χ2n) is 5.26. The van der Waals surface area contributed by atoms with E-state index in [1.807, 2.05) is 10.6 Å². The van der Waals surface area contributed by atoms with E-state index in [2.05, 4.69) is 20.9 Å². The highest BCUT2D eigenvalue weighted by atomic mass is 79.9. The van der Waals surface area contributed by atoms with Gasteiger partial charge in [-0.3, -0.25) is 0 Å². The summed E-state index contributed by atoms with van der Waals surface area (Å²) >= 11 is 3.69. The number of hydrogen-bond donors (Lipinski definition) is 1. The van der Waals surface area contributed by atoms with Crippen LogP contribution >= 0.6 is 15.9 Å². The number of rotatable bonds is 2. The lowest BCUT2D eigenvalue weighted by atomic mass is 9.97. The monoisotopic (exact) mass is 322 g/mol. The molecule has 3 rings (SSSR count). The molecule has 1 aliphatic rings. The Bertz CT molecular complexity index is 570. The van der Waals surface area contributed by atoms with Gasteiger partial charge < -0.3 is 5.73 Å². The van der Waals surface area contributed by atoms with Crippen molar-refractivity contribution < 1.29 is 0 Å². The van der Waals surface area contributed by atoms with Crippen LogP contribution in [0, 0.1) is 0 Å². The molecule has 4 nitrogen and oxygen atoms in total. The molecule has 0 spiro atoms. The van der Waals surface area contributed by atoms with Crippen molar-refractivity contribution in [3.63, 3.8) is 0 Å². The van der Waals surface area contributed by atoms with E-state index < -0.39 is 0 Å². The Kier molecular flexibility index (Phi) is 3.84. The molecule has 2 aromatic heterocycles. The number of nitrogens with two attached hydrogens (primary N) is 1. The lowest BCUT2D eigenvalue weighted by Crippen LogP contribution is -2.06. The van der Waals surface area contributed by atoms with E-state index in [4.69, 9.17) is 10.8 Å². The molecule has 2 heterocycles. The van der Waals surface area contributed by atoms with E-state index in [9.17, 15) is 0 Å². The van der Waals surface area contributed by atoms with Crippen molar-refractivity contribution in [3.8, 4) is 0 Å². The molecule has 102 valence electrons. The predicted molar refractivity (Wildman–Crippen MR) is 79.0 cm³/mol. The average molecular weight is 323 g/mol. The van der Waals surface area contributed by atoms with Crippen LogP contribution in [0.5, 0.6) is 0 Å². The zero-order valence-electron chi connectivity index (χ0n) is 11.0. The molecule has 2 aromatic rings. The van der Waals surface area contributed by atoms with Crippen molar-refractivity contribution >= 4 is 21.6 Å². The SMILES string of the molecule is NCc1ccnc2c(Br)c(C3CCCCCC3)nn12. The minimum absolute atomic E-state index is 0.483. The third-order valence-electron chi connectivity index (χ3n) is 4.02. The fourth-order valence-electron chi connectivity index (χ4n) is 2.95. The second kappa shape index (κ2) is 5.59. The maximum absolute atomic E-state index is 5.77. The largest absolute Gasteiger partial charge is 0.325 e. The van der Waals surface area contributed by atoms with Gasteiger partial charge >= 0.3 is 0 Å². The van der Waals surface area contributed by atoms with Crippen molar-refractivity contribution in [3.05, 3.63) is 28.1 Å². The Balaban J connectivity index is 2.06. The third kappa shape index (κ3) is 2.41. The Labute approximate surface area is 121 Å². The minimum Gasteiger partial charge on any atom is -0.325 e. The highest BCUT2D eigenvalue weighted by molar-refractivity contribution is 9.10. The lowest BCUT2D eigenvalue weighted by Gasteiger charge is -2.10. The van der Waals surface area contributed by atoms with Crippen LogP contribution < -0.4 is 5.73 Å². The number of nitrogens with zero attached hydrogens (tertiary/aromatic N) is 3. The van der Waals surface area contributed by atoms with Crippen LogP contribution in [0.25, 0.3) is 5.65 Å². The maximum atomic E-state index is 5.77. The second-order valence-corrected chi connectivity index (χ2v) is 6.06. The summed E-state index contributed by atoms with van der Waals surface area (Å²) in [6.07, 6.45) is 9.60. The molecule has 0 aliphatic heterocycles. The van der Waals surface area contributed by atoms with Gasteiger partial charge in [0.2, 0.25) is 0 Å². The minimum atomic E-state index is 0.483. The lowest BCUT2D eigenvalue weighted by molar-refractivity contribution is 0.570. The van der Waals surface area contributed by atoms with Crippen molar-refractivity contribution in [1.29, 1.82) is 0 Å². The Morgan fingerprint density at radius 1 is 1.26 bits per heavy atom. The van der Waals surface area contributed by atoms with E-state index in [0.717, 1.165) is 21.5 Å². The number of hydrogen-bond acceptors (Lipinski definition) is 3.